The number of halogens is 1. The minimum absolute atomic E-state index is 0.0254. The lowest BCUT2D eigenvalue weighted by Gasteiger charge is -2.19. The maximum atomic E-state index is 5.97. The molecule has 0 saturated carbocycles. The molecule has 2 aliphatic rings. The average Bonchev–Trinajstić information content (AvgIpc) is 2.71. The van der Waals surface area contributed by atoms with E-state index in [0.29, 0.717) is 16.6 Å². The second kappa shape index (κ2) is 5.14. The van der Waals surface area contributed by atoms with Crippen LogP contribution in [0.2, 0.25) is 0 Å². The maximum absolute atomic E-state index is 5.97. The third-order valence-electron chi connectivity index (χ3n) is 2.61. The molecule has 2 aliphatic heterocycles. The van der Waals surface area contributed by atoms with Crippen molar-refractivity contribution >= 4 is 17.4 Å². The van der Waals surface area contributed by atoms with Crippen LogP contribution in [0.4, 0.5) is 0 Å². The average molecular weight is 263 g/mol. The summed E-state index contributed by atoms with van der Waals surface area (Å²) in [6.07, 6.45) is 9.09. The van der Waals surface area contributed by atoms with Gasteiger partial charge in [-0.3, -0.25) is 0 Å². The second-order valence-corrected chi connectivity index (χ2v) is 4.37. The summed E-state index contributed by atoms with van der Waals surface area (Å²) in [5.41, 5.74) is 8.27. The van der Waals surface area contributed by atoms with Gasteiger partial charge in [0, 0.05) is 23.5 Å². The number of hydrogen-bond acceptors (Lipinski definition) is 3. The molecular formula is C13H15ClN4. The first kappa shape index (κ1) is 12.5. The standard InChI is InChI=1S/C13H15ClN4/c1-3-4-12(15)18-8(2)11-7-17-13-10(11)5-9(14)6-16-13/h3-7,13,16-17H,2H2,1H3,(H2,15,18)/b4-3-. The Bertz CT molecular complexity index is 523. The van der Waals surface area contributed by atoms with E-state index in [1.54, 1.807) is 12.3 Å². The molecule has 4 nitrogen and oxygen atoms in total. The Morgan fingerprint density at radius 1 is 1.50 bits per heavy atom. The van der Waals surface area contributed by atoms with Gasteiger partial charge in [-0.2, -0.15) is 0 Å². The van der Waals surface area contributed by atoms with Crippen LogP contribution in [-0.4, -0.2) is 12.0 Å². The Morgan fingerprint density at radius 2 is 2.22 bits per heavy atom. The van der Waals surface area contributed by atoms with Crippen LogP contribution in [0.15, 0.2) is 64.1 Å². The molecule has 4 N–H and O–H groups in total. The third-order valence-corrected chi connectivity index (χ3v) is 2.83. The summed E-state index contributed by atoms with van der Waals surface area (Å²) in [4.78, 5) is 4.24. The molecule has 0 saturated heterocycles. The lowest BCUT2D eigenvalue weighted by molar-refractivity contribution is 0.631. The van der Waals surface area contributed by atoms with E-state index >= 15 is 0 Å². The molecule has 0 aromatic rings. The maximum Gasteiger partial charge on any atom is 0.123 e. The van der Waals surface area contributed by atoms with Crippen LogP contribution in [0.25, 0.3) is 0 Å². The summed E-state index contributed by atoms with van der Waals surface area (Å²) in [7, 11) is 0. The molecule has 1 atom stereocenters. The van der Waals surface area contributed by atoms with Gasteiger partial charge in [0.1, 0.15) is 12.0 Å². The topological polar surface area (TPSA) is 62.4 Å². The first-order valence-corrected chi connectivity index (χ1v) is 5.95. The van der Waals surface area contributed by atoms with Crippen LogP contribution in [0.1, 0.15) is 6.92 Å². The van der Waals surface area contributed by atoms with Gasteiger partial charge >= 0.3 is 0 Å². The highest BCUT2D eigenvalue weighted by atomic mass is 35.5. The quantitative estimate of drug-likeness (QED) is 0.537. The van der Waals surface area contributed by atoms with Crippen LogP contribution in [0.5, 0.6) is 0 Å². The van der Waals surface area contributed by atoms with E-state index in [1.807, 2.05) is 25.3 Å². The van der Waals surface area contributed by atoms with E-state index in [9.17, 15) is 0 Å². The molecule has 0 aliphatic carbocycles. The number of fused-ring (bicyclic) bond motifs is 1. The van der Waals surface area contributed by atoms with Crippen molar-refractivity contribution in [3.05, 3.63) is 59.1 Å². The minimum atomic E-state index is 0.0254. The fourth-order valence-corrected chi connectivity index (χ4v) is 2.00. The predicted molar refractivity (Wildman–Crippen MR) is 75.7 cm³/mol. The van der Waals surface area contributed by atoms with Gasteiger partial charge in [-0.15, -0.1) is 0 Å². The van der Waals surface area contributed by atoms with Gasteiger partial charge in [0.15, 0.2) is 0 Å². The van der Waals surface area contributed by atoms with Crippen molar-refractivity contribution in [3.63, 3.8) is 0 Å². The van der Waals surface area contributed by atoms with Crippen LogP contribution in [-0.2, 0) is 0 Å². The summed E-state index contributed by atoms with van der Waals surface area (Å²) in [6, 6.07) is 0. The normalized spacial score (nSPS) is 22.7. The second-order valence-electron chi connectivity index (χ2n) is 3.94. The highest BCUT2D eigenvalue weighted by Crippen LogP contribution is 2.29. The van der Waals surface area contributed by atoms with Crippen molar-refractivity contribution in [1.82, 2.24) is 10.6 Å². The van der Waals surface area contributed by atoms with Crippen LogP contribution < -0.4 is 16.4 Å². The zero-order chi connectivity index (χ0) is 13.1. The first-order valence-electron chi connectivity index (χ1n) is 5.58. The van der Waals surface area contributed by atoms with E-state index in [-0.39, 0.29) is 6.17 Å². The molecule has 0 spiro atoms. The number of aliphatic imine (C=N–C) groups is 1. The summed E-state index contributed by atoms with van der Waals surface area (Å²) in [5.74, 6) is 0.429. The van der Waals surface area contributed by atoms with Gasteiger partial charge in [-0.25, -0.2) is 4.99 Å². The summed E-state index contributed by atoms with van der Waals surface area (Å²) >= 11 is 5.97. The SMILES string of the molecule is C=C(N=C(N)/C=C\C)C1=CNC2NC=C(Cl)C=C12. The molecule has 2 heterocycles. The molecule has 0 aromatic heterocycles. The number of amidine groups is 1. The number of hydrogen-bond donors (Lipinski definition) is 3. The Kier molecular flexibility index (Phi) is 3.58. The molecular weight excluding hydrogens is 248 g/mol. The zero-order valence-electron chi connectivity index (χ0n) is 10.1. The van der Waals surface area contributed by atoms with E-state index in [2.05, 4.69) is 22.2 Å². The Labute approximate surface area is 111 Å². The van der Waals surface area contributed by atoms with Crippen molar-refractivity contribution < 1.29 is 0 Å². The highest BCUT2D eigenvalue weighted by Gasteiger charge is 2.26. The molecule has 94 valence electrons. The fourth-order valence-electron chi connectivity index (χ4n) is 1.82. The molecule has 0 amide bonds. The van der Waals surface area contributed by atoms with Crippen LogP contribution in [0.3, 0.4) is 0 Å². The third kappa shape index (κ3) is 2.49. The van der Waals surface area contributed by atoms with Gasteiger partial charge < -0.3 is 16.4 Å². The number of nitrogens with one attached hydrogen (secondary N) is 2. The van der Waals surface area contributed by atoms with Gasteiger partial charge in [0.05, 0.1) is 10.7 Å². The zero-order valence-corrected chi connectivity index (χ0v) is 10.8. The minimum Gasteiger partial charge on any atom is -0.384 e. The summed E-state index contributed by atoms with van der Waals surface area (Å²) in [5, 5.41) is 6.96. The lowest BCUT2D eigenvalue weighted by atomic mass is 10.0. The largest absolute Gasteiger partial charge is 0.384 e. The number of rotatable bonds is 3. The van der Waals surface area contributed by atoms with Crippen molar-refractivity contribution in [2.24, 2.45) is 10.7 Å². The molecule has 5 heteroatoms. The van der Waals surface area contributed by atoms with Crippen LogP contribution in [0, 0.1) is 0 Å². The molecule has 0 radical (unpaired) electrons. The monoisotopic (exact) mass is 262 g/mol. The molecule has 0 aromatic carbocycles. The van der Waals surface area contributed by atoms with E-state index < -0.39 is 0 Å². The lowest BCUT2D eigenvalue weighted by Crippen LogP contribution is -2.36. The van der Waals surface area contributed by atoms with E-state index in [0.717, 1.165) is 11.1 Å². The van der Waals surface area contributed by atoms with Gasteiger partial charge in [-0.1, -0.05) is 24.3 Å². The summed E-state index contributed by atoms with van der Waals surface area (Å²) < 4.78 is 0. The van der Waals surface area contributed by atoms with Gasteiger partial charge in [0.25, 0.3) is 0 Å². The molecule has 2 rings (SSSR count). The number of dihydropyridines is 1. The smallest absolute Gasteiger partial charge is 0.123 e. The van der Waals surface area contributed by atoms with Crippen molar-refractivity contribution in [2.75, 3.05) is 0 Å². The van der Waals surface area contributed by atoms with Crippen molar-refractivity contribution in [2.45, 2.75) is 13.1 Å². The van der Waals surface area contributed by atoms with Crippen molar-refractivity contribution in [1.29, 1.82) is 0 Å². The molecule has 1 unspecified atom stereocenters. The van der Waals surface area contributed by atoms with Gasteiger partial charge in [-0.05, 0) is 19.1 Å². The van der Waals surface area contributed by atoms with E-state index in [1.165, 1.54) is 0 Å². The Hall–Kier alpha value is -1.94. The molecule has 18 heavy (non-hydrogen) atoms. The Balaban J connectivity index is 2.22. The van der Waals surface area contributed by atoms with E-state index in [4.69, 9.17) is 17.3 Å². The number of nitrogens with zero attached hydrogens (tertiary/aromatic N) is 1. The highest BCUT2D eigenvalue weighted by molar-refractivity contribution is 6.31. The first-order chi connectivity index (χ1) is 8.61. The summed E-state index contributed by atoms with van der Waals surface area (Å²) in [6.45, 7) is 5.82. The van der Waals surface area contributed by atoms with Crippen LogP contribution >= 0.6 is 11.6 Å². The fraction of sp³-hybridized carbons (Fsp3) is 0.154. The Morgan fingerprint density at radius 3 is 2.94 bits per heavy atom. The number of nitrogens with two attached hydrogens (primary N) is 1. The number of allylic oxidation sites excluding steroid dienone is 4. The van der Waals surface area contributed by atoms with Crippen molar-refractivity contribution in [3.8, 4) is 0 Å². The molecule has 0 bridgehead atoms. The predicted octanol–water partition coefficient (Wildman–Crippen LogP) is 1.86. The molecule has 0 fully saturated rings. The van der Waals surface area contributed by atoms with Gasteiger partial charge in [0.2, 0.25) is 0 Å².